The van der Waals surface area contributed by atoms with Gasteiger partial charge in [-0.2, -0.15) is 0 Å². The van der Waals surface area contributed by atoms with E-state index in [0.717, 1.165) is 22.9 Å². The highest BCUT2D eigenvalue weighted by Crippen LogP contribution is 2.26. The summed E-state index contributed by atoms with van der Waals surface area (Å²) < 4.78 is 6.39. The third-order valence-corrected chi connectivity index (χ3v) is 4.84. The summed E-state index contributed by atoms with van der Waals surface area (Å²) in [6.45, 7) is 4.67. The number of hydrogen-bond donors (Lipinski definition) is 2. The number of nitrogens with one attached hydrogen (secondary N) is 2. The first-order valence-electron chi connectivity index (χ1n) is 8.21. The number of thiocarbonyl (C=S) groups is 1. The second-order valence-corrected chi connectivity index (χ2v) is 7.39. The second kappa shape index (κ2) is 9.90. The standard InChI is InChI=1S/C19H20BrClN2O2S/c1-3-4-9-25-17-8-6-13(10-15(17)20)18(24)23-19(26)22-14-7-5-12(2)16(21)11-14/h5-8,10-11H,3-4,9H2,1-2H3,(H2,22,23,24,26). The van der Waals surface area contributed by atoms with Crippen LogP contribution in [0.1, 0.15) is 35.7 Å². The van der Waals surface area contributed by atoms with Crippen molar-refractivity contribution in [2.75, 3.05) is 11.9 Å². The van der Waals surface area contributed by atoms with Crippen molar-refractivity contribution < 1.29 is 9.53 Å². The third kappa shape index (κ3) is 5.97. The number of rotatable bonds is 6. The first-order valence-corrected chi connectivity index (χ1v) is 9.79. The van der Waals surface area contributed by atoms with Gasteiger partial charge in [-0.1, -0.05) is 31.0 Å². The van der Waals surface area contributed by atoms with Gasteiger partial charge in [-0.3, -0.25) is 10.1 Å². The predicted octanol–water partition coefficient (Wildman–Crippen LogP) is 5.72. The minimum absolute atomic E-state index is 0.203. The number of carbonyl (C=O) groups is 1. The van der Waals surface area contributed by atoms with E-state index in [1.165, 1.54) is 0 Å². The van der Waals surface area contributed by atoms with Crippen LogP contribution in [-0.2, 0) is 0 Å². The smallest absolute Gasteiger partial charge is 0.257 e. The summed E-state index contributed by atoms with van der Waals surface area (Å²) in [6, 6.07) is 10.7. The van der Waals surface area contributed by atoms with Gasteiger partial charge in [0.1, 0.15) is 5.75 Å². The molecular weight excluding hydrogens is 436 g/mol. The summed E-state index contributed by atoms with van der Waals surface area (Å²) in [5.74, 6) is 0.409. The van der Waals surface area contributed by atoms with Gasteiger partial charge in [0.15, 0.2) is 5.11 Å². The highest BCUT2D eigenvalue weighted by Gasteiger charge is 2.11. The molecule has 138 valence electrons. The Labute approximate surface area is 172 Å². The van der Waals surface area contributed by atoms with E-state index in [2.05, 4.69) is 33.5 Å². The summed E-state index contributed by atoms with van der Waals surface area (Å²) in [5.41, 5.74) is 2.16. The first kappa shape index (κ1) is 20.7. The Bertz CT molecular complexity index is 814. The van der Waals surface area contributed by atoms with E-state index < -0.39 is 0 Å². The van der Waals surface area contributed by atoms with Crippen molar-refractivity contribution in [3.8, 4) is 5.75 Å². The van der Waals surface area contributed by atoms with Crippen LogP contribution in [0.15, 0.2) is 40.9 Å². The van der Waals surface area contributed by atoms with Crippen molar-refractivity contribution in [1.82, 2.24) is 5.32 Å². The zero-order valence-corrected chi connectivity index (χ0v) is 17.7. The van der Waals surface area contributed by atoms with Gasteiger partial charge in [-0.15, -0.1) is 0 Å². The Kier molecular flexibility index (Phi) is 7.87. The van der Waals surface area contributed by atoms with Crippen LogP contribution in [0.5, 0.6) is 5.75 Å². The van der Waals surface area contributed by atoms with Crippen LogP contribution < -0.4 is 15.4 Å². The molecule has 4 nitrogen and oxygen atoms in total. The first-order chi connectivity index (χ1) is 12.4. The summed E-state index contributed by atoms with van der Waals surface area (Å²) >= 11 is 14.7. The van der Waals surface area contributed by atoms with Gasteiger partial charge in [-0.05, 0) is 77.4 Å². The van der Waals surface area contributed by atoms with Gasteiger partial charge in [-0.25, -0.2) is 0 Å². The molecule has 0 aromatic heterocycles. The summed E-state index contributed by atoms with van der Waals surface area (Å²) in [7, 11) is 0. The highest BCUT2D eigenvalue weighted by molar-refractivity contribution is 9.10. The van der Waals surface area contributed by atoms with Crippen LogP contribution in [0.25, 0.3) is 0 Å². The van der Waals surface area contributed by atoms with Crippen molar-refractivity contribution in [2.24, 2.45) is 0 Å². The molecule has 0 radical (unpaired) electrons. The minimum Gasteiger partial charge on any atom is -0.492 e. The van der Waals surface area contributed by atoms with Crippen LogP contribution in [0.2, 0.25) is 5.02 Å². The van der Waals surface area contributed by atoms with Crippen molar-refractivity contribution in [2.45, 2.75) is 26.7 Å². The Morgan fingerprint density at radius 3 is 2.69 bits per heavy atom. The molecule has 2 aromatic rings. The molecule has 26 heavy (non-hydrogen) atoms. The van der Waals surface area contributed by atoms with Crippen molar-refractivity contribution in [3.63, 3.8) is 0 Å². The molecule has 0 bridgehead atoms. The lowest BCUT2D eigenvalue weighted by molar-refractivity contribution is 0.0977. The molecule has 0 aliphatic heterocycles. The fraction of sp³-hybridized carbons (Fsp3) is 0.263. The maximum atomic E-state index is 12.4. The monoisotopic (exact) mass is 454 g/mol. The molecule has 0 heterocycles. The lowest BCUT2D eigenvalue weighted by Gasteiger charge is -2.12. The van der Waals surface area contributed by atoms with E-state index in [4.69, 9.17) is 28.6 Å². The normalized spacial score (nSPS) is 10.3. The molecule has 0 aliphatic rings. The zero-order valence-electron chi connectivity index (χ0n) is 14.6. The number of benzene rings is 2. The average Bonchev–Trinajstić information content (AvgIpc) is 2.59. The number of carbonyl (C=O) groups excluding carboxylic acids is 1. The SMILES string of the molecule is CCCCOc1ccc(C(=O)NC(=S)Nc2ccc(C)c(Cl)c2)cc1Br. The molecule has 2 aromatic carbocycles. The Morgan fingerprint density at radius 2 is 2.04 bits per heavy atom. The average molecular weight is 456 g/mol. The lowest BCUT2D eigenvalue weighted by atomic mass is 10.2. The van der Waals surface area contributed by atoms with E-state index in [-0.39, 0.29) is 11.0 Å². The number of amides is 1. The van der Waals surface area contributed by atoms with Crippen LogP contribution in [-0.4, -0.2) is 17.6 Å². The van der Waals surface area contributed by atoms with Crippen molar-refractivity contribution >= 4 is 56.5 Å². The predicted molar refractivity (Wildman–Crippen MR) is 114 cm³/mol. The number of halogens is 2. The topological polar surface area (TPSA) is 50.4 Å². The molecular formula is C19H20BrClN2O2S. The van der Waals surface area contributed by atoms with Gasteiger partial charge in [0.25, 0.3) is 5.91 Å². The molecule has 0 saturated carbocycles. The molecule has 0 atom stereocenters. The fourth-order valence-corrected chi connectivity index (χ4v) is 2.98. The number of aryl methyl sites for hydroxylation is 1. The summed E-state index contributed by atoms with van der Waals surface area (Å²) in [4.78, 5) is 12.4. The quantitative estimate of drug-likeness (QED) is 0.432. The Morgan fingerprint density at radius 1 is 1.27 bits per heavy atom. The molecule has 0 fully saturated rings. The molecule has 2 N–H and O–H groups in total. The molecule has 1 amide bonds. The summed E-state index contributed by atoms with van der Waals surface area (Å²) in [6.07, 6.45) is 2.05. The second-order valence-electron chi connectivity index (χ2n) is 5.72. The Balaban J connectivity index is 1.96. The van der Waals surface area contributed by atoms with Crippen LogP contribution >= 0.6 is 39.7 Å². The van der Waals surface area contributed by atoms with E-state index in [1.54, 1.807) is 24.3 Å². The van der Waals surface area contributed by atoms with Gasteiger partial charge in [0.2, 0.25) is 0 Å². The molecule has 0 unspecified atom stereocenters. The molecule has 2 rings (SSSR count). The minimum atomic E-state index is -0.304. The van der Waals surface area contributed by atoms with Gasteiger partial charge in [0, 0.05) is 16.3 Å². The fourth-order valence-electron chi connectivity index (χ4n) is 2.09. The zero-order chi connectivity index (χ0) is 19.1. The Hall–Kier alpha value is -1.63. The number of anilines is 1. The number of ether oxygens (including phenoxy) is 1. The van der Waals surface area contributed by atoms with Gasteiger partial charge < -0.3 is 10.1 Å². The van der Waals surface area contributed by atoms with Crippen molar-refractivity contribution in [3.05, 3.63) is 57.0 Å². The lowest BCUT2D eigenvalue weighted by Crippen LogP contribution is -2.34. The van der Waals surface area contributed by atoms with Crippen LogP contribution in [0.4, 0.5) is 5.69 Å². The van der Waals surface area contributed by atoms with E-state index in [1.807, 2.05) is 19.1 Å². The number of hydrogen-bond acceptors (Lipinski definition) is 3. The number of unbranched alkanes of at least 4 members (excludes halogenated alkanes) is 1. The van der Waals surface area contributed by atoms with E-state index in [9.17, 15) is 4.79 Å². The van der Waals surface area contributed by atoms with Crippen LogP contribution in [0.3, 0.4) is 0 Å². The third-order valence-electron chi connectivity index (χ3n) is 3.61. The summed E-state index contributed by atoms with van der Waals surface area (Å²) in [5, 5.41) is 6.44. The molecule has 7 heteroatoms. The van der Waals surface area contributed by atoms with E-state index >= 15 is 0 Å². The largest absolute Gasteiger partial charge is 0.492 e. The maximum Gasteiger partial charge on any atom is 0.257 e. The maximum absolute atomic E-state index is 12.4. The van der Waals surface area contributed by atoms with Crippen LogP contribution in [0, 0.1) is 6.92 Å². The molecule has 0 saturated heterocycles. The van der Waals surface area contributed by atoms with Gasteiger partial charge in [0.05, 0.1) is 11.1 Å². The molecule has 0 aliphatic carbocycles. The van der Waals surface area contributed by atoms with Crippen molar-refractivity contribution in [1.29, 1.82) is 0 Å². The molecule has 0 spiro atoms. The highest BCUT2D eigenvalue weighted by atomic mass is 79.9. The van der Waals surface area contributed by atoms with E-state index in [0.29, 0.717) is 28.6 Å². The van der Waals surface area contributed by atoms with Gasteiger partial charge >= 0.3 is 0 Å².